The van der Waals surface area contributed by atoms with Crippen molar-refractivity contribution in [2.45, 2.75) is 20.4 Å². The van der Waals surface area contributed by atoms with Crippen LogP contribution in [0.5, 0.6) is 11.5 Å². The van der Waals surface area contributed by atoms with Crippen LogP contribution in [0, 0.1) is 13.8 Å². The topological polar surface area (TPSA) is 82.0 Å². The van der Waals surface area contributed by atoms with E-state index in [-0.39, 0.29) is 10.6 Å². The van der Waals surface area contributed by atoms with Crippen molar-refractivity contribution in [1.82, 2.24) is 19.9 Å². The molecule has 7 nitrogen and oxygen atoms in total. The molecule has 37 heavy (non-hydrogen) atoms. The molecule has 1 aromatic carbocycles. The number of hydrogen-bond donors (Lipinski definition) is 1. The Hall–Kier alpha value is -1.85. The lowest BCUT2D eigenvalue weighted by Crippen LogP contribution is -2.03. The van der Waals surface area contributed by atoms with E-state index in [1.807, 2.05) is 32.0 Å². The molecule has 0 aliphatic carbocycles. The van der Waals surface area contributed by atoms with Gasteiger partial charge in [0.25, 0.3) is 0 Å². The zero-order valence-corrected chi connectivity index (χ0v) is 25.2. The van der Waals surface area contributed by atoms with E-state index in [4.69, 9.17) is 67.5 Å². The van der Waals surface area contributed by atoms with Gasteiger partial charge in [-0.25, -0.2) is 19.9 Å². The van der Waals surface area contributed by atoms with Gasteiger partial charge in [-0.05, 0) is 54.7 Å². The number of hydrogen-bond acceptors (Lipinski definition) is 9. The second-order valence-electron chi connectivity index (χ2n) is 7.47. The molecule has 0 saturated heterocycles. The molecule has 0 atom stereocenters. The maximum atomic E-state index is 6.38. The summed E-state index contributed by atoms with van der Waals surface area (Å²) in [7, 11) is 3.22. The minimum Gasteiger partial charge on any atom is -0.493 e. The van der Waals surface area contributed by atoms with Crippen LogP contribution in [0.4, 0.5) is 5.82 Å². The molecule has 4 heterocycles. The van der Waals surface area contributed by atoms with Crippen LogP contribution in [0.15, 0.2) is 18.2 Å². The number of benzene rings is 1. The van der Waals surface area contributed by atoms with Gasteiger partial charge in [-0.1, -0.05) is 40.9 Å². The van der Waals surface area contributed by atoms with Crippen molar-refractivity contribution in [2.24, 2.45) is 0 Å². The van der Waals surface area contributed by atoms with E-state index in [0.29, 0.717) is 44.4 Å². The average Bonchev–Trinajstić information content (AvgIpc) is 3.31. The monoisotopic (exact) mass is 635 g/mol. The smallest absolute Gasteiger partial charge is 0.225 e. The first-order valence-corrected chi connectivity index (χ1v) is 14.0. The molecular weight excluding hydrogens is 620 g/mol. The van der Waals surface area contributed by atoms with Crippen molar-refractivity contribution in [2.75, 3.05) is 19.5 Å². The Morgan fingerprint density at radius 3 is 1.95 bits per heavy atom. The first-order valence-electron chi connectivity index (χ1n) is 10.5. The number of ether oxygens (including phenoxy) is 2. The van der Waals surface area contributed by atoms with Crippen molar-refractivity contribution in [3.8, 4) is 11.5 Å². The quantitative estimate of drug-likeness (QED) is 0.152. The maximum Gasteiger partial charge on any atom is 0.225 e. The first kappa shape index (κ1) is 28.2. The van der Waals surface area contributed by atoms with Gasteiger partial charge in [0, 0.05) is 16.3 Å². The zero-order valence-electron chi connectivity index (χ0n) is 19.8. The van der Waals surface area contributed by atoms with E-state index < -0.39 is 0 Å². The largest absolute Gasteiger partial charge is 0.493 e. The van der Waals surface area contributed by atoms with E-state index in [0.717, 1.165) is 30.4 Å². The van der Waals surface area contributed by atoms with E-state index >= 15 is 0 Å². The van der Waals surface area contributed by atoms with Gasteiger partial charge in [-0.3, -0.25) is 0 Å². The predicted octanol–water partition coefficient (Wildman–Crippen LogP) is 8.90. The molecule has 5 aromatic rings. The van der Waals surface area contributed by atoms with Crippen molar-refractivity contribution >= 4 is 107 Å². The third kappa shape index (κ3) is 6.09. The number of rotatable bonds is 5. The molecule has 14 heteroatoms. The van der Waals surface area contributed by atoms with Crippen LogP contribution in [-0.4, -0.2) is 34.2 Å². The summed E-state index contributed by atoms with van der Waals surface area (Å²) in [6.07, 6.45) is 0. The van der Waals surface area contributed by atoms with Gasteiger partial charge >= 0.3 is 0 Å². The molecular formula is C23H18Cl5N5O2S2. The highest BCUT2D eigenvalue weighted by atomic mass is 35.5. The molecule has 0 aliphatic rings. The minimum atomic E-state index is 0.149. The van der Waals surface area contributed by atoms with Gasteiger partial charge in [0.1, 0.15) is 20.6 Å². The van der Waals surface area contributed by atoms with Crippen molar-refractivity contribution < 1.29 is 9.47 Å². The zero-order chi connectivity index (χ0) is 26.9. The third-order valence-corrected chi connectivity index (χ3v) is 8.90. The molecule has 5 rings (SSSR count). The molecule has 0 radical (unpaired) electrons. The molecule has 0 aliphatic heterocycles. The van der Waals surface area contributed by atoms with Crippen LogP contribution >= 0.6 is 80.7 Å². The number of nitrogens with one attached hydrogen (secondary N) is 1. The molecule has 4 aromatic heterocycles. The van der Waals surface area contributed by atoms with Gasteiger partial charge in [-0.15, -0.1) is 22.7 Å². The molecule has 0 amide bonds. The fourth-order valence-corrected chi connectivity index (χ4v) is 6.75. The van der Waals surface area contributed by atoms with Crippen LogP contribution in [-0.2, 0) is 6.54 Å². The van der Waals surface area contributed by atoms with Gasteiger partial charge in [0.15, 0.2) is 11.5 Å². The number of methoxy groups -OCH3 is 2. The standard InChI is InChI=1S/C16H15Cl2N3O2S.C7H3Cl3N2S/c1-8-13(17)12-14(20-16(18)21-15(12)24-8)19-7-9-4-5-10(22-2)11(6-9)23-3;1-2-4(8)3-5(9)11-7(10)12-6(3)13-2/h4-6H,7H2,1-3H3,(H,19,20,21);1H3. The number of anilines is 1. The predicted molar refractivity (Wildman–Crippen MR) is 156 cm³/mol. The lowest BCUT2D eigenvalue weighted by Gasteiger charge is -2.11. The summed E-state index contributed by atoms with van der Waals surface area (Å²) in [5.74, 6) is 1.98. The Bertz CT molecular complexity index is 1610. The third-order valence-electron chi connectivity index (χ3n) is 5.12. The Balaban J connectivity index is 0.000000207. The summed E-state index contributed by atoms with van der Waals surface area (Å²) in [5.41, 5.74) is 1.01. The summed E-state index contributed by atoms with van der Waals surface area (Å²) in [5, 5.41) is 6.68. The summed E-state index contributed by atoms with van der Waals surface area (Å²) < 4.78 is 10.6. The van der Waals surface area contributed by atoms with Gasteiger partial charge in [0.2, 0.25) is 10.6 Å². The van der Waals surface area contributed by atoms with Crippen LogP contribution < -0.4 is 14.8 Å². The summed E-state index contributed by atoms with van der Waals surface area (Å²) in [6, 6.07) is 5.72. The second-order valence-corrected chi connectivity index (χ2v) is 11.7. The van der Waals surface area contributed by atoms with Crippen LogP contribution in [0.2, 0.25) is 25.8 Å². The highest BCUT2D eigenvalue weighted by molar-refractivity contribution is 7.19. The van der Waals surface area contributed by atoms with Crippen LogP contribution in [0.1, 0.15) is 15.3 Å². The van der Waals surface area contributed by atoms with E-state index in [2.05, 4.69) is 25.3 Å². The normalized spacial score (nSPS) is 10.9. The summed E-state index contributed by atoms with van der Waals surface area (Å²) in [4.78, 5) is 19.8. The van der Waals surface area contributed by atoms with E-state index in [1.165, 1.54) is 22.7 Å². The van der Waals surface area contributed by atoms with Gasteiger partial charge < -0.3 is 14.8 Å². The number of halogens is 5. The molecule has 0 spiro atoms. The average molecular weight is 638 g/mol. The Labute approximate surface area is 245 Å². The molecule has 0 unspecified atom stereocenters. The summed E-state index contributed by atoms with van der Waals surface area (Å²) in [6.45, 7) is 4.38. The molecule has 1 N–H and O–H groups in total. The summed E-state index contributed by atoms with van der Waals surface area (Å²) >= 11 is 32.9. The Morgan fingerprint density at radius 2 is 1.32 bits per heavy atom. The Morgan fingerprint density at radius 1 is 0.757 bits per heavy atom. The Kier molecular flexibility index (Phi) is 9.06. The van der Waals surface area contributed by atoms with E-state index in [9.17, 15) is 0 Å². The number of nitrogens with zero attached hydrogens (tertiary/aromatic N) is 4. The highest BCUT2D eigenvalue weighted by Crippen LogP contribution is 2.39. The number of aryl methyl sites for hydroxylation is 2. The van der Waals surface area contributed by atoms with E-state index in [1.54, 1.807) is 14.2 Å². The highest BCUT2D eigenvalue weighted by Gasteiger charge is 2.16. The maximum absolute atomic E-state index is 6.38. The van der Waals surface area contributed by atoms with Crippen LogP contribution in [0.3, 0.4) is 0 Å². The van der Waals surface area contributed by atoms with Crippen molar-refractivity contribution in [1.29, 1.82) is 0 Å². The molecule has 194 valence electrons. The molecule has 0 fully saturated rings. The number of aromatic nitrogens is 4. The fraction of sp³-hybridized carbons (Fsp3) is 0.217. The van der Waals surface area contributed by atoms with Crippen molar-refractivity contribution in [3.05, 3.63) is 59.3 Å². The second kappa shape index (κ2) is 11.9. The first-order chi connectivity index (χ1) is 17.6. The SMILES string of the molecule is COc1ccc(CNc2nc(Cl)nc3sc(C)c(Cl)c23)cc1OC.Cc1sc2nc(Cl)nc(Cl)c2c1Cl. The number of thiophene rings is 2. The van der Waals surface area contributed by atoms with Crippen LogP contribution in [0.25, 0.3) is 20.4 Å². The molecule has 0 saturated carbocycles. The fourth-order valence-electron chi connectivity index (χ4n) is 3.37. The van der Waals surface area contributed by atoms with Crippen molar-refractivity contribution in [3.63, 3.8) is 0 Å². The number of fused-ring (bicyclic) bond motifs is 2. The molecule has 0 bridgehead atoms. The minimum absolute atomic E-state index is 0.149. The van der Waals surface area contributed by atoms with Gasteiger partial charge in [0.05, 0.1) is 35.0 Å². The lowest BCUT2D eigenvalue weighted by molar-refractivity contribution is 0.354. The lowest BCUT2D eigenvalue weighted by atomic mass is 10.2. The van der Waals surface area contributed by atoms with Gasteiger partial charge in [-0.2, -0.15) is 0 Å².